The van der Waals surface area contributed by atoms with Crippen molar-refractivity contribution in [3.8, 4) is 5.75 Å². The zero-order chi connectivity index (χ0) is 12.3. The smallest absolute Gasteiger partial charge is 0.303 e. The first-order chi connectivity index (χ1) is 8.18. The standard InChI is InChI=1S/C13H16O4/c1-9-5-6-10(3-2-4-12(14)15)13-11(9)7-16-8-17-13/h5-6H,2-4,7-8H2,1H3,(H,14,15). The molecule has 0 saturated heterocycles. The first-order valence-corrected chi connectivity index (χ1v) is 5.72. The quantitative estimate of drug-likeness (QED) is 0.871. The second-order valence-corrected chi connectivity index (χ2v) is 4.21. The molecule has 92 valence electrons. The Labute approximate surface area is 100 Å². The van der Waals surface area contributed by atoms with Crippen molar-refractivity contribution in [1.82, 2.24) is 0 Å². The zero-order valence-electron chi connectivity index (χ0n) is 9.86. The number of hydrogen-bond donors (Lipinski definition) is 1. The minimum absolute atomic E-state index is 0.194. The molecule has 0 atom stereocenters. The van der Waals surface area contributed by atoms with Gasteiger partial charge in [0.1, 0.15) is 5.75 Å². The number of hydrogen-bond acceptors (Lipinski definition) is 3. The van der Waals surface area contributed by atoms with Crippen LogP contribution in [0.25, 0.3) is 0 Å². The third kappa shape index (κ3) is 2.77. The van der Waals surface area contributed by atoms with Crippen molar-refractivity contribution >= 4 is 5.97 Å². The van der Waals surface area contributed by atoms with Gasteiger partial charge in [-0.25, -0.2) is 0 Å². The molecule has 0 spiro atoms. The van der Waals surface area contributed by atoms with Crippen molar-refractivity contribution in [2.24, 2.45) is 0 Å². The molecular weight excluding hydrogens is 220 g/mol. The van der Waals surface area contributed by atoms with Crippen LogP contribution in [0, 0.1) is 6.92 Å². The number of aliphatic carboxylic acids is 1. The Kier molecular flexibility index (Phi) is 3.64. The summed E-state index contributed by atoms with van der Waals surface area (Å²) in [6.07, 6.45) is 1.56. The summed E-state index contributed by atoms with van der Waals surface area (Å²) in [6.45, 7) is 2.88. The Bertz CT molecular complexity index is 426. The second-order valence-electron chi connectivity index (χ2n) is 4.21. The monoisotopic (exact) mass is 236 g/mol. The van der Waals surface area contributed by atoms with E-state index < -0.39 is 5.97 Å². The van der Waals surface area contributed by atoms with E-state index in [0.717, 1.165) is 28.9 Å². The highest BCUT2D eigenvalue weighted by atomic mass is 16.7. The molecule has 17 heavy (non-hydrogen) atoms. The van der Waals surface area contributed by atoms with Gasteiger partial charge in [0.25, 0.3) is 0 Å². The maximum Gasteiger partial charge on any atom is 0.303 e. The summed E-state index contributed by atoms with van der Waals surface area (Å²) in [6, 6.07) is 4.05. The lowest BCUT2D eigenvalue weighted by Gasteiger charge is -2.22. The van der Waals surface area contributed by atoms with Gasteiger partial charge < -0.3 is 14.6 Å². The number of aryl methyl sites for hydroxylation is 2. The fourth-order valence-corrected chi connectivity index (χ4v) is 2.01. The molecule has 2 rings (SSSR count). The highest BCUT2D eigenvalue weighted by molar-refractivity contribution is 5.66. The molecule has 1 aliphatic rings. The average Bonchev–Trinajstić information content (AvgIpc) is 2.32. The van der Waals surface area contributed by atoms with Crippen molar-refractivity contribution in [3.63, 3.8) is 0 Å². The van der Waals surface area contributed by atoms with E-state index in [2.05, 4.69) is 0 Å². The molecule has 0 aliphatic carbocycles. The van der Waals surface area contributed by atoms with Crippen molar-refractivity contribution < 1.29 is 19.4 Å². The van der Waals surface area contributed by atoms with Gasteiger partial charge in [-0.1, -0.05) is 12.1 Å². The number of benzene rings is 1. The molecule has 0 saturated carbocycles. The van der Waals surface area contributed by atoms with E-state index in [1.807, 2.05) is 19.1 Å². The Morgan fingerprint density at radius 3 is 3.06 bits per heavy atom. The van der Waals surface area contributed by atoms with E-state index in [1.165, 1.54) is 0 Å². The molecule has 1 aromatic rings. The molecule has 0 aromatic heterocycles. The van der Waals surface area contributed by atoms with Gasteiger partial charge in [-0.15, -0.1) is 0 Å². The first-order valence-electron chi connectivity index (χ1n) is 5.72. The van der Waals surface area contributed by atoms with Crippen LogP contribution in [0.15, 0.2) is 12.1 Å². The van der Waals surface area contributed by atoms with Crippen LogP contribution in [0.4, 0.5) is 0 Å². The van der Waals surface area contributed by atoms with E-state index in [-0.39, 0.29) is 13.2 Å². The van der Waals surface area contributed by atoms with E-state index in [9.17, 15) is 4.79 Å². The van der Waals surface area contributed by atoms with E-state index >= 15 is 0 Å². The predicted octanol–water partition coefficient (Wildman–Crippen LogP) is 2.27. The summed E-state index contributed by atoms with van der Waals surface area (Å²) in [4.78, 5) is 10.5. The van der Waals surface area contributed by atoms with Crippen LogP contribution in [-0.2, 0) is 22.6 Å². The van der Waals surface area contributed by atoms with Crippen LogP contribution in [-0.4, -0.2) is 17.9 Å². The molecule has 0 amide bonds. The van der Waals surface area contributed by atoms with Gasteiger partial charge in [0.15, 0.2) is 6.79 Å². The fraction of sp³-hybridized carbons (Fsp3) is 0.462. The summed E-state index contributed by atoms with van der Waals surface area (Å²) in [5.74, 6) is 0.136. The number of carboxylic acids is 1. The minimum atomic E-state index is -0.754. The van der Waals surface area contributed by atoms with Crippen molar-refractivity contribution in [2.75, 3.05) is 6.79 Å². The second kappa shape index (κ2) is 5.19. The van der Waals surface area contributed by atoms with E-state index in [1.54, 1.807) is 0 Å². The van der Waals surface area contributed by atoms with Crippen LogP contribution in [0.5, 0.6) is 5.75 Å². The molecule has 1 N–H and O–H groups in total. The summed E-state index contributed by atoms with van der Waals surface area (Å²) in [7, 11) is 0. The van der Waals surface area contributed by atoms with Gasteiger partial charge in [0, 0.05) is 12.0 Å². The van der Waals surface area contributed by atoms with Gasteiger partial charge in [0.2, 0.25) is 0 Å². The largest absolute Gasteiger partial charge is 0.481 e. The number of rotatable bonds is 4. The molecule has 0 unspecified atom stereocenters. The normalized spacial score (nSPS) is 13.9. The van der Waals surface area contributed by atoms with Crippen LogP contribution in [0.2, 0.25) is 0 Å². The Balaban J connectivity index is 2.14. The molecule has 1 aromatic carbocycles. The number of carbonyl (C=O) groups is 1. The van der Waals surface area contributed by atoms with Crippen LogP contribution in [0.3, 0.4) is 0 Å². The van der Waals surface area contributed by atoms with E-state index in [0.29, 0.717) is 13.0 Å². The van der Waals surface area contributed by atoms with Crippen LogP contribution >= 0.6 is 0 Å². The van der Waals surface area contributed by atoms with Gasteiger partial charge >= 0.3 is 5.97 Å². The summed E-state index contributed by atoms with van der Waals surface area (Å²) >= 11 is 0. The Morgan fingerprint density at radius 2 is 2.29 bits per heavy atom. The average molecular weight is 236 g/mol. The molecule has 0 fully saturated rings. The van der Waals surface area contributed by atoms with Gasteiger partial charge in [-0.05, 0) is 30.9 Å². The SMILES string of the molecule is Cc1ccc(CCCC(=O)O)c2c1COCO2. The maximum absolute atomic E-state index is 10.5. The molecule has 1 aliphatic heterocycles. The third-order valence-electron chi connectivity index (χ3n) is 2.95. The summed E-state index contributed by atoms with van der Waals surface area (Å²) < 4.78 is 10.8. The lowest BCUT2D eigenvalue weighted by atomic mass is 9.99. The van der Waals surface area contributed by atoms with Crippen molar-refractivity contribution in [3.05, 3.63) is 28.8 Å². The molecular formula is C13H16O4. The third-order valence-corrected chi connectivity index (χ3v) is 2.95. The van der Waals surface area contributed by atoms with Crippen molar-refractivity contribution in [2.45, 2.75) is 32.8 Å². The Morgan fingerprint density at radius 1 is 1.47 bits per heavy atom. The number of carboxylic acid groups (broad SMARTS) is 1. The highest BCUT2D eigenvalue weighted by Gasteiger charge is 2.16. The van der Waals surface area contributed by atoms with Crippen LogP contribution in [0.1, 0.15) is 29.5 Å². The fourth-order valence-electron chi connectivity index (χ4n) is 2.01. The van der Waals surface area contributed by atoms with Crippen molar-refractivity contribution in [1.29, 1.82) is 0 Å². The van der Waals surface area contributed by atoms with Gasteiger partial charge in [-0.3, -0.25) is 4.79 Å². The van der Waals surface area contributed by atoms with Gasteiger partial charge in [0.05, 0.1) is 6.61 Å². The Hall–Kier alpha value is -1.55. The minimum Gasteiger partial charge on any atom is -0.481 e. The number of fused-ring (bicyclic) bond motifs is 1. The topological polar surface area (TPSA) is 55.8 Å². The predicted molar refractivity (Wildman–Crippen MR) is 62.0 cm³/mol. The van der Waals surface area contributed by atoms with E-state index in [4.69, 9.17) is 14.6 Å². The maximum atomic E-state index is 10.5. The molecule has 1 heterocycles. The van der Waals surface area contributed by atoms with Crippen LogP contribution < -0.4 is 4.74 Å². The molecule has 4 heteroatoms. The lowest BCUT2D eigenvalue weighted by molar-refractivity contribution is -0.137. The molecule has 0 bridgehead atoms. The molecule has 0 radical (unpaired) electrons. The zero-order valence-corrected chi connectivity index (χ0v) is 9.86. The first kappa shape index (κ1) is 11.9. The number of ether oxygens (including phenoxy) is 2. The lowest BCUT2D eigenvalue weighted by Crippen LogP contribution is -2.14. The highest BCUT2D eigenvalue weighted by Crippen LogP contribution is 2.31. The van der Waals surface area contributed by atoms with Gasteiger partial charge in [-0.2, -0.15) is 0 Å². The summed E-state index contributed by atoms with van der Waals surface area (Å²) in [5, 5.41) is 8.62. The molecule has 4 nitrogen and oxygen atoms in total. The summed E-state index contributed by atoms with van der Waals surface area (Å²) in [5.41, 5.74) is 3.32.